The highest BCUT2D eigenvalue weighted by atomic mass is 19.1. The van der Waals surface area contributed by atoms with Crippen molar-refractivity contribution < 1.29 is 13.7 Å². The summed E-state index contributed by atoms with van der Waals surface area (Å²) < 4.78 is 26.4. The maximum Gasteiger partial charge on any atom is 0.349 e. The van der Waals surface area contributed by atoms with E-state index in [-0.39, 0.29) is 23.7 Å². The number of pyridine rings is 1. The highest BCUT2D eigenvalue weighted by Crippen LogP contribution is 2.56. The lowest BCUT2D eigenvalue weighted by Gasteiger charge is -2.37. The van der Waals surface area contributed by atoms with Gasteiger partial charge in [-0.1, -0.05) is 5.16 Å². The summed E-state index contributed by atoms with van der Waals surface area (Å²) in [7, 11) is 0. The second kappa shape index (κ2) is 7.24. The molecule has 1 aromatic carbocycles. The zero-order valence-corrected chi connectivity index (χ0v) is 19.1. The van der Waals surface area contributed by atoms with Crippen LogP contribution in [0.1, 0.15) is 24.2 Å². The first-order valence-electron chi connectivity index (χ1n) is 11.7. The summed E-state index contributed by atoms with van der Waals surface area (Å²) in [6.07, 6.45) is 4.02. The monoisotopic (exact) mass is 471 g/mol. The van der Waals surface area contributed by atoms with E-state index in [1.807, 2.05) is 23.6 Å². The maximum absolute atomic E-state index is 13.3. The van der Waals surface area contributed by atoms with Crippen LogP contribution in [0.2, 0.25) is 0 Å². The molecule has 0 unspecified atom stereocenters. The molecule has 4 aromatic rings. The van der Waals surface area contributed by atoms with Crippen LogP contribution in [0.25, 0.3) is 22.5 Å². The Morgan fingerprint density at radius 2 is 1.97 bits per heavy atom. The van der Waals surface area contributed by atoms with Gasteiger partial charge in [0.05, 0.1) is 23.3 Å². The third-order valence-corrected chi connectivity index (χ3v) is 7.57. The molecule has 3 aromatic heterocycles. The normalized spacial score (nSPS) is 21.5. The summed E-state index contributed by atoms with van der Waals surface area (Å²) in [6.45, 7) is 3.78. The van der Waals surface area contributed by atoms with Gasteiger partial charge >= 0.3 is 5.69 Å². The number of fused-ring (bicyclic) bond motifs is 1. The Morgan fingerprint density at radius 3 is 2.74 bits per heavy atom. The minimum absolute atomic E-state index is 0.139. The first kappa shape index (κ1) is 20.4. The van der Waals surface area contributed by atoms with E-state index in [1.54, 1.807) is 24.4 Å². The summed E-state index contributed by atoms with van der Waals surface area (Å²) in [5.74, 6) is 2.47. The molecule has 0 radical (unpaired) electrons. The second-order valence-electron chi connectivity index (χ2n) is 9.72. The molecule has 1 spiro atoms. The average molecular weight is 471 g/mol. The number of anilines is 1. The van der Waals surface area contributed by atoms with Gasteiger partial charge in [-0.3, -0.25) is 4.57 Å². The molecule has 0 amide bonds. The molecular weight excluding hydrogens is 449 g/mol. The van der Waals surface area contributed by atoms with E-state index in [0.717, 1.165) is 41.5 Å². The summed E-state index contributed by atoms with van der Waals surface area (Å²) in [5, 5.41) is 4.11. The number of hydrogen-bond donors (Lipinski definition) is 0. The average Bonchev–Trinajstić information content (AvgIpc) is 3.56. The van der Waals surface area contributed by atoms with Crippen molar-refractivity contribution in [3.05, 3.63) is 76.3 Å². The lowest BCUT2D eigenvalue weighted by Crippen LogP contribution is -2.44. The van der Waals surface area contributed by atoms with Crippen molar-refractivity contribution in [1.82, 2.24) is 19.7 Å². The third kappa shape index (κ3) is 3.10. The van der Waals surface area contributed by atoms with Crippen molar-refractivity contribution in [2.24, 2.45) is 5.92 Å². The molecule has 6 heterocycles. The number of aryl methyl sites for hydroxylation is 1. The molecule has 9 heteroatoms. The van der Waals surface area contributed by atoms with Crippen molar-refractivity contribution >= 4 is 5.82 Å². The van der Waals surface area contributed by atoms with E-state index in [2.05, 4.69) is 20.0 Å². The largest absolute Gasteiger partial charge is 0.473 e. The highest BCUT2D eigenvalue weighted by molar-refractivity contribution is 5.65. The summed E-state index contributed by atoms with van der Waals surface area (Å²) in [4.78, 5) is 23.9. The van der Waals surface area contributed by atoms with Crippen LogP contribution in [-0.4, -0.2) is 31.8 Å². The van der Waals surface area contributed by atoms with Crippen molar-refractivity contribution in [1.29, 1.82) is 0 Å². The van der Waals surface area contributed by atoms with Crippen LogP contribution in [0.4, 0.5) is 10.2 Å². The first-order chi connectivity index (χ1) is 17.0. The van der Waals surface area contributed by atoms with Gasteiger partial charge in [0.25, 0.3) is 0 Å². The van der Waals surface area contributed by atoms with Gasteiger partial charge < -0.3 is 14.2 Å². The molecule has 3 aliphatic heterocycles. The predicted molar refractivity (Wildman–Crippen MR) is 125 cm³/mol. The Hall–Kier alpha value is -4.01. The molecule has 2 bridgehead atoms. The first-order valence-corrected chi connectivity index (χ1v) is 11.7. The maximum atomic E-state index is 13.3. The predicted octanol–water partition coefficient (Wildman–Crippen LogP) is 3.97. The lowest BCUT2D eigenvalue weighted by molar-refractivity contribution is 0.229. The fourth-order valence-electron chi connectivity index (χ4n) is 5.83. The number of ether oxygens (including phenoxy) is 1. The van der Waals surface area contributed by atoms with Gasteiger partial charge in [0.15, 0.2) is 0 Å². The molecule has 1 aliphatic carbocycles. The molecule has 3 fully saturated rings. The number of rotatable bonds is 5. The Morgan fingerprint density at radius 1 is 1.17 bits per heavy atom. The minimum Gasteiger partial charge on any atom is -0.473 e. The van der Waals surface area contributed by atoms with E-state index in [9.17, 15) is 9.18 Å². The number of aromatic nitrogens is 4. The van der Waals surface area contributed by atoms with Gasteiger partial charge in [0.2, 0.25) is 5.88 Å². The van der Waals surface area contributed by atoms with Crippen LogP contribution in [0.3, 0.4) is 0 Å². The summed E-state index contributed by atoms with van der Waals surface area (Å²) >= 11 is 0. The lowest BCUT2D eigenvalue weighted by atomic mass is 9.74. The van der Waals surface area contributed by atoms with Crippen molar-refractivity contribution in [3.8, 4) is 28.4 Å². The molecule has 2 saturated heterocycles. The van der Waals surface area contributed by atoms with E-state index >= 15 is 0 Å². The quantitative estimate of drug-likeness (QED) is 0.435. The Balaban J connectivity index is 1.11. The van der Waals surface area contributed by atoms with Crippen LogP contribution in [0, 0.1) is 18.7 Å². The van der Waals surface area contributed by atoms with Crippen LogP contribution in [0.5, 0.6) is 5.88 Å². The Labute approximate surface area is 200 Å². The van der Waals surface area contributed by atoms with Crippen molar-refractivity contribution in [2.45, 2.75) is 38.5 Å². The SMILES string of the molecule is Cc1onc(-c2ccc(F)cc2)c1COc1ccc(-c2cc3n(c(=O)n2)CC24CC(CN32)C4)cn1. The Kier molecular flexibility index (Phi) is 4.22. The topological polar surface area (TPSA) is 86.3 Å². The summed E-state index contributed by atoms with van der Waals surface area (Å²) in [5.41, 5.74) is 3.44. The van der Waals surface area contributed by atoms with E-state index in [0.29, 0.717) is 23.0 Å². The number of benzene rings is 1. The number of hydrogen-bond acceptors (Lipinski definition) is 7. The highest BCUT2D eigenvalue weighted by Gasteiger charge is 2.60. The molecule has 0 N–H and O–H groups in total. The van der Waals surface area contributed by atoms with Gasteiger partial charge in [0, 0.05) is 36.0 Å². The van der Waals surface area contributed by atoms with E-state index in [4.69, 9.17) is 9.26 Å². The molecule has 1 saturated carbocycles. The van der Waals surface area contributed by atoms with Gasteiger partial charge in [-0.2, -0.15) is 4.98 Å². The molecule has 0 atom stereocenters. The molecule has 8 rings (SSSR count). The molecule has 176 valence electrons. The minimum atomic E-state index is -0.312. The zero-order valence-electron chi connectivity index (χ0n) is 19.1. The molecule has 35 heavy (non-hydrogen) atoms. The summed E-state index contributed by atoms with van der Waals surface area (Å²) in [6, 6.07) is 11.7. The van der Waals surface area contributed by atoms with Gasteiger partial charge in [-0.25, -0.2) is 14.2 Å². The molecule has 4 aliphatic rings. The standard InChI is InChI=1S/C26H22FN5O3/c1-15-20(24(30-35-15)17-2-5-19(27)6-3-17)13-34-22-7-4-18(11-28-22)21-8-23-31(25(33)29-21)14-26-9-16(10-26)12-32(23)26/h2-8,11,16H,9-10,12-14H2,1H3. The van der Waals surface area contributed by atoms with Crippen LogP contribution in [0.15, 0.2) is 58.0 Å². The van der Waals surface area contributed by atoms with E-state index < -0.39 is 0 Å². The Bertz CT molecular complexity index is 1500. The number of halogens is 1. The second-order valence-corrected chi connectivity index (χ2v) is 9.72. The zero-order chi connectivity index (χ0) is 23.7. The fourth-order valence-corrected chi connectivity index (χ4v) is 5.83. The van der Waals surface area contributed by atoms with Gasteiger partial charge in [-0.15, -0.1) is 0 Å². The smallest absolute Gasteiger partial charge is 0.349 e. The van der Waals surface area contributed by atoms with Gasteiger partial charge in [-0.05, 0) is 56.0 Å². The molecule has 8 nitrogen and oxygen atoms in total. The van der Waals surface area contributed by atoms with Crippen molar-refractivity contribution in [3.63, 3.8) is 0 Å². The van der Waals surface area contributed by atoms with Crippen LogP contribution >= 0.6 is 0 Å². The van der Waals surface area contributed by atoms with E-state index in [1.165, 1.54) is 25.0 Å². The van der Waals surface area contributed by atoms with Crippen LogP contribution < -0.4 is 15.3 Å². The van der Waals surface area contributed by atoms with Crippen LogP contribution in [-0.2, 0) is 13.2 Å². The van der Waals surface area contributed by atoms with Gasteiger partial charge in [0.1, 0.15) is 29.7 Å². The third-order valence-electron chi connectivity index (χ3n) is 7.57. The number of nitrogens with zero attached hydrogens (tertiary/aromatic N) is 5. The van der Waals surface area contributed by atoms with Crippen molar-refractivity contribution in [2.75, 3.05) is 11.4 Å². The fraction of sp³-hybridized carbons (Fsp3) is 0.308. The molecular formula is C26H22FN5O3.